The third kappa shape index (κ3) is 7.88. The number of hydrogen-bond acceptors (Lipinski definition) is 4. The standard InChI is InChI=1S/C24H40N2O3/c1-4-7-8-10-19-29-24(27)26-17-12-13-21-20-22(14-15-23(21)26)28-18-11-9-16-25(5-2)6-3/h14-15,20H,4-13,16-19H2,1-3H3. The van der Waals surface area contributed by atoms with Crippen molar-refractivity contribution in [2.75, 3.05) is 44.3 Å². The summed E-state index contributed by atoms with van der Waals surface area (Å²) in [7, 11) is 0. The average Bonchev–Trinajstić information content (AvgIpc) is 2.75. The normalized spacial score (nSPS) is 13.4. The summed E-state index contributed by atoms with van der Waals surface area (Å²) >= 11 is 0. The summed E-state index contributed by atoms with van der Waals surface area (Å²) in [5, 5.41) is 0. The van der Waals surface area contributed by atoms with Crippen molar-refractivity contribution >= 4 is 11.8 Å². The number of rotatable bonds is 13. The molecule has 2 rings (SSSR count). The molecule has 1 aromatic carbocycles. The molecule has 0 N–H and O–H groups in total. The van der Waals surface area contributed by atoms with Crippen LogP contribution >= 0.6 is 0 Å². The van der Waals surface area contributed by atoms with Crippen molar-refractivity contribution in [1.82, 2.24) is 4.90 Å². The highest BCUT2D eigenvalue weighted by Gasteiger charge is 2.24. The fraction of sp³-hybridized carbons (Fsp3) is 0.708. The van der Waals surface area contributed by atoms with Gasteiger partial charge in [-0.2, -0.15) is 0 Å². The van der Waals surface area contributed by atoms with Crippen molar-refractivity contribution in [3.63, 3.8) is 0 Å². The van der Waals surface area contributed by atoms with Crippen LogP contribution in [0.3, 0.4) is 0 Å². The maximum absolute atomic E-state index is 12.5. The number of ether oxygens (including phenoxy) is 2. The van der Waals surface area contributed by atoms with E-state index in [9.17, 15) is 4.79 Å². The van der Waals surface area contributed by atoms with Crippen LogP contribution < -0.4 is 9.64 Å². The summed E-state index contributed by atoms with van der Waals surface area (Å²) in [4.78, 5) is 16.7. The summed E-state index contributed by atoms with van der Waals surface area (Å²) < 4.78 is 11.5. The summed E-state index contributed by atoms with van der Waals surface area (Å²) in [5.41, 5.74) is 2.16. The first-order valence-corrected chi connectivity index (χ1v) is 11.6. The molecule has 0 bridgehead atoms. The summed E-state index contributed by atoms with van der Waals surface area (Å²) in [6.45, 7) is 11.9. The second-order valence-electron chi connectivity index (χ2n) is 7.80. The molecule has 0 saturated heterocycles. The zero-order valence-electron chi connectivity index (χ0n) is 18.8. The second kappa shape index (κ2) is 13.5. The molecule has 0 aromatic heterocycles. The lowest BCUT2D eigenvalue weighted by molar-refractivity contribution is 0.150. The molecule has 0 aliphatic carbocycles. The molecule has 0 fully saturated rings. The van der Waals surface area contributed by atoms with E-state index in [0.29, 0.717) is 6.61 Å². The van der Waals surface area contributed by atoms with Crippen molar-refractivity contribution in [2.24, 2.45) is 0 Å². The predicted molar refractivity (Wildman–Crippen MR) is 120 cm³/mol. The van der Waals surface area contributed by atoms with Gasteiger partial charge in [0.1, 0.15) is 5.75 Å². The largest absolute Gasteiger partial charge is 0.494 e. The highest BCUT2D eigenvalue weighted by molar-refractivity contribution is 5.89. The van der Waals surface area contributed by atoms with E-state index < -0.39 is 0 Å². The first-order chi connectivity index (χ1) is 14.2. The van der Waals surface area contributed by atoms with Crippen LogP contribution in [0.2, 0.25) is 0 Å². The van der Waals surface area contributed by atoms with Gasteiger partial charge < -0.3 is 14.4 Å². The van der Waals surface area contributed by atoms with Crippen LogP contribution in [-0.4, -0.2) is 50.4 Å². The molecule has 5 nitrogen and oxygen atoms in total. The number of fused-ring (bicyclic) bond motifs is 1. The Kier molecular flexibility index (Phi) is 10.9. The van der Waals surface area contributed by atoms with Crippen LogP contribution in [0.5, 0.6) is 5.75 Å². The lowest BCUT2D eigenvalue weighted by atomic mass is 10.0. The predicted octanol–water partition coefficient (Wildman–Crippen LogP) is 5.66. The molecule has 0 saturated carbocycles. The summed E-state index contributed by atoms with van der Waals surface area (Å²) in [6, 6.07) is 6.09. The Morgan fingerprint density at radius 2 is 1.83 bits per heavy atom. The average molecular weight is 405 g/mol. The number of carbonyl (C=O) groups excluding carboxylic acids is 1. The highest BCUT2D eigenvalue weighted by Crippen LogP contribution is 2.31. The second-order valence-corrected chi connectivity index (χ2v) is 7.80. The van der Waals surface area contributed by atoms with Crippen LogP contribution in [0, 0.1) is 0 Å². The molecule has 1 heterocycles. The lowest BCUT2D eigenvalue weighted by Crippen LogP contribution is -2.36. The minimum Gasteiger partial charge on any atom is -0.494 e. The maximum atomic E-state index is 12.5. The Hall–Kier alpha value is -1.75. The molecule has 164 valence electrons. The number of benzene rings is 1. The van der Waals surface area contributed by atoms with E-state index in [0.717, 1.165) is 82.7 Å². The van der Waals surface area contributed by atoms with Gasteiger partial charge in [-0.1, -0.05) is 40.0 Å². The zero-order valence-corrected chi connectivity index (χ0v) is 18.8. The minimum absolute atomic E-state index is 0.215. The van der Waals surface area contributed by atoms with E-state index in [-0.39, 0.29) is 6.09 Å². The smallest absolute Gasteiger partial charge is 0.414 e. The Balaban J connectivity index is 1.80. The van der Waals surface area contributed by atoms with Gasteiger partial charge >= 0.3 is 6.09 Å². The topological polar surface area (TPSA) is 42.0 Å². The van der Waals surface area contributed by atoms with Gasteiger partial charge in [0.15, 0.2) is 0 Å². The Morgan fingerprint density at radius 1 is 1.03 bits per heavy atom. The van der Waals surface area contributed by atoms with Gasteiger partial charge in [-0.15, -0.1) is 0 Å². The quantitative estimate of drug-likeness (QED) is 0.398. The van der Waals surface area contributed by atoms with Crippen molar-refractivity contribution in [1.29, 1.82) is 0 Å². The van der Waals surface area contributed by atoms with Gasteiger partial charge in [0.25, 0.3) is 0 Å². The van der Waals surface area contributed by atoms with E-state index >= 15 is 0 Å². The number of aryl methyl sites for hydroxylation is 1. The van der Waals surface area contributed by atoms with Gasteiger partial charge in [0, 0.05) is 6.54 Å². The van der Waals surface area contributed by atoms with Crippen molar-refractivity contribution in [3.05, 3.63) is 23.8 Å². The zero-order chi connectivity index (χ0) is 20.9. The molecular formula is C24H40N2O3. The van der Waals surface area contributed by atoms with E-state index in [1.54, 1.807) is 4.90 Å². The third-order valence-electron chi connectivity index (χ3n) is 5.65. The van der Waals surface area contributed by atoms with Crippen molar-refractivity contribution < 1.29 is 14.3 Å². The molecule has 5 heteroatoms. The van der Waals surface area contributed by atoms with Crippen LogP contribution in [-0.2, 0) is 11.2 Å². The van der Waals surface area contributed by atoms with Gasteiger partial charge in [-0.25, -0.2) is 4.79 Å². The Morgan fingerprint density at radius 3 is 2.59 bits per heavy atom. The minimum atomic E-state index is -0.215. The molecule has 0 radical (unpaired) electrons. The van der Waals surface area contributed by atoms with Crippen molar-refractivity contribution in [3.8, 4) is 5.75 Å². The molecular weight excluding hydrogens is 364 g/mol. The fourth-order valence-corrected chi connectivity index (χ4v) is 3.79. The molecule has 0 unspecified atom stereocenters. The number of carbonyl (C=O) groups is 1. The number of nitrogens with zero attached hydrogens (tertiary/aromatic N) is 2. The van der Waals surface area contributed by atoms with Gasteiger partial charge in [0.2, 0.25) is 0 Å². The molecule has 1 aliphatic heterocycles. The van der Waals surface area contributed by atoms with Gasteiger partial charge in [-0.05, 0) is 75.5 Å². The van der Waals surface area contributed by atoms with E-state index in [2.05, 4.69) is 31.7 Å². The molecule has 0 atom stereocenters. The molecule has 29 heavy (non-hydrogen) atoms. The number of unbranched alkanes of at least 4 members (excludes halogenated alkanes) is 4. The first kappa shape index (κ1) is 23.5. The Bertz CT molecular complexity index is 602. The number of anilines is 1. The maximum Gasteiger partial charge on any atom is 0.414 e. The van der Waals surface area contributed by atoms with E-state index in [4.69, 9.17) is 9.47 Å². The number of hydrogen-bond donors (Lipinski definition) is 0. The van der Waals surface area contributed by atoms with Crippen LogP contribution in [0.25, 0.3) is 0 Å². The summed E-state index contributed by atoms with van der Waals surface area (Å²) in [6.07, 6.45) is 8.40. The molecule has 1 aromatic rings. The lowest BCUT2D eigenvalue weighted by Gasteiger charge is -2.29. The first-order valence-electron chi connectivity index (χ1n) is 11.6. The van der Waals surface area contributed by atoms with Crippen LogP contribution in [0.1, 0.15) is 71.3 Å². The SMILES string of the molecule is CCCCCCOC(=O)N1CCCc2cc(OCCCCN(CC)CC)ccc21. The number of amides is 1. The molecule has 1 amide bonds. The fourth-order valence-electron chi connectivity index (χ4n) is 3.79. The van der Waals surface area contributed by atoms with Crippen LogP contribution in [0.4, 0.5) is 10.5 Å². The third-order valence-corrected chi connectivity index (χ3v) is 5.65. The molecule has 0 spiro atoms. The van der Waals surface area contributed by atoms with Gasteiger partial charge in [0.05, 0.1) is 18.9 Å². The Labute approximate surface area is 177 Å². The highest BCUT2D eigenvalue weighted by atomic mass is 16.6. The summed E-state index contributed by atoms with van der Waals surface area (Å²) in [5.74, 6) is 0.904. The van der Waals surface area contributed by atoms with Crippen LogP contribution in [0.15, 0.2) is 18.2 Å². The van der Waals surface area contributed by atoms with E-state index in [1.807, 2.05) is 12.1 Å². The monoisotopic (exact) mass is 404 g/mol. The van der Waals surface area contributed by atoms with Crippen molar-refractivity contribution in [2.45, 2.75) is 72.1 Å². The molecule has 1 aliphatic rings. The van der Waals surface area contributed by atoms with E-state index in [1.165, 1.54) is 18.4 Å². The van der Waals surface area contributed by atoms with Gasteiger partial charge in [-0.3, -0.25) is 4.90 Å².